The fourth-order valence-electron chi connectivity index (χ4n) is 2.81. The summed E-state index contributed by atoms with van der Waals surface area (Å²) < 4.78 is 7.81. The van der Waals surface area contributed by atoms with Gasteiger partial charge in [0.1, 0.15) is 11.8 Å². The number of carbonyl (C=O) groups is 3. The van der Waals surface area contributed by atoms with E-state index in [1.165, 1.54) is 15.2 Å². The summed E-state index contributed by atoms with van der Waals surface area (Å²) in [5, 5.41) is 10.9. The number of hydrogen-bond acceptors (Lipinski definition) is 5. The molecule has 1 aliphatic rings. The van der Waals surface area contributed by atoms with Crippen molar-refractivity contribution in [2.24, 2.45) is 7.05 Å². The molecule has 1 aliphatic heterocycles. The fourth-order valence-corrected chi connectivity index (χ4v) is 2.81. The molecule has 2 heterocycles. The average molecular weight is 333 g/mol. The largest absolute Gasteiger partial charge is 0.482 e. The zero-order valence-corrected chi connectivity index (χ0v) is 12.8. The number of nitrogens with one attached hydrogen (secondary N) is 1. The van der Waals surface area contributed by atoms with Gasteiger partial charge in [0, 0.05) is 19.5 Å². The highest BCUT2D eigenvalue weighted by Gasteiger charge is 2.31. The van der Waals surface area contributed by atoms with Crippen LogP contribution >= 0.6 is 0 Å². The Morgan fingerprint density at radius 3 is 2.75 bits per heavy atom. The van der Waals surface area contributed by atoms with E-state index in [1.807, 2.05) is 0 Å². The second-order valence-corrected chi connectivity index (χ2v) is 5.51. The molecule has 1 unspecified atom stereocenters. The van der Waals surface area contributed by atoms with Gasteiger partial charge in [-0.2, -0.15) is 0 Å². The van der Waals surface area contributed by atoms with Crippen LogP contribution in [0.15, 0.2) is 23.0 Å². The average Bonchev–Trinajstić information content (AvgIpc) is 2.77. The second-order valence-electron chi connectivity index (χ2n) is 5.51. The van der Waals surface area contributed by atoms with E-state index in [1.54, 1.807) is 19.2 Å². The number of aromatic nitrogens is 2. The Morgan fingerprint density at radius 2 is 2.08 bits per heavy atom. The molecule has 0 saturated carbocycles. The first-order valence-corrected chi connectivity index (χ1v) is 7.27. The van der Waals surface area contributed by atoms with Gasteiger partial charge < -0.3 is 9.84 Å². The highest BCUT2D eigenvalue weighted by atomic mass is 16.5. The number of fused-ring (bicyclic) bond motifs is 1. The van der Waals surface area contributed by atoms with Crippen LogP contribution in [0.5, 0.6) is 5.75 Å². The molecule has 24 heavy (non-hydrogen) atoms. The van der Waals surface area contributed by atoms with Crippen molar-refractivity contribution >= 4 is 28.8 Å². The van der Waals surface area contributed by atoms with Gasteiger partial charge in [-0.15, -0.1) is 0 Å². The van der Waals surface area contributed by atoms with Gasteiger partial charge in [0.15, 0.2) is 6.61 Å². The Hall–Kier alpha value is -3.10. The lowest BCUT2D eigenvalue weighted by atomic mass is 10.1. The molecule has 1 atom stereocenters. The number of ether oxygens (including phenoxy) is 1. The number of carboxylic acid groups (broad SMARTS) is 1. The number of imidazole rings is 1. The van der Waals surface area contributed by atoms with Crippen molar-refractivity contribution in [3.8, 4) is 5.75 Å². The lowest BCUT2D eigenvalue weighted by Crippen LogP contribution is -2.44. The molecule has 1 aromatic carbocycles. The number of hydrogen-bond donors (Lipinski definition) is 2. The van der Waals surface area contributed by atoms with Crippen molar-refractivity contribution in [1.82, 2.24) is 14.5 Å². The smallest absolute Gasteiger partial charge is 0.341 e. The minimum Gasteiger partial charge on any atom is -0.482 e. The predicted octanol–water partition coefficient (Wildman–Crippen LogP) is -0.219. The molecule has 0 bridgehead atoms. The Labute approximate surface area is 135 Å². The molecule has 9 nitrogen and oxygen atoms in total. The zero-order valence-electron chi connectivity index (χ0n) is 12.8. The number of amides is 2. The van der Waals surface area contributed by atoms with Crippen molar-refractivity contribution in [3.63, 3.8) is 0 Å². The molecule has 0 aliphatic carbocycles. The van der Waals surface area contributed by atoms with Crippen LogP contribution < -0.4 is 15.7 Å². The number of aliphatic carboxylic acids is 1. The van der Waals surface area contributed by atoms with Crippen LogP contribution in [0, 0.1) is 0 Å². The second kappa shape index (κ2) is 5.84. The van der Waals surface area contributed by atoms with E-state index in [9.17, 15) is 19.2 Å². The minimum atomic E-state index is -1.11. The van der Waals surface area contributed by atoms with Crippen LogP contribution in [0.2, 0.25) is 0 Å². The molecular formula is C15H15N3O6. The first-order chi connectivity index (χ1) is 11.4. The molecule has 2 aromatic rings. The van der Waals surface area contributed by atoms with Gasteiger partial charge in [0.05, 0.1) is 11.0 Å². The number of carboxylic acids is 1. The number of piperidine rings is 1. The third-order valence-corrected chi connectivity index (χ3v) is 3.94. The summed E-state index contributed by atoms with van der Waals surface area (Å²) in [7, 11) is 1.55. The first-order valence-electron chi connectivity index (χ1n) is 7.27. The van der Waals surface area contributed by atoms with E-state index in [-0.39, 0.29) is 18.7 Å². The highest BCUT2D eigenvalue weighted by molar-refractivity contribution is 6.00. The van der Waals surface area contributed by atoms with Gasteiger partial charge in [-0.1, -0.05) is 0 Å². The first kappa shape index (κ1) is 15.8. The lowest BCUT2D eigenvalue weighted by molar-refractivity contribution is -0.139. The molecule has 1 saturated heterocycles. The van der Waals surface area contributed by atoms with Crippen molar-refractivity contribution < 1.29 is 24.2 Å². The maximum atomic E-state index is 12.5. The maximum absolute atomic E-state index is 12.5. The van der Waals surface area contributed by atoms with Gasteiger partial charge in [-0.05, 0) is 18.6 Å². The molecule has 2 N–H and O–H groups in total. The summed E-state index contributed by atoms with van der Waals surface area (Å²) in [4.78, 5) is 46.4. The van der Waals surface area contributed by atoms with Crippen molar-refractivity contribution in [2.75, 3.05) is 6.61 Å². The van der Waals surface area contributed by atoms with Crippen LogP contribution in [-0.4, -0.2) is 38.6 Å². The minimum absolute atomic E-state index is 0.166. The Balaban J connectivity index is 2.05. The molecule has 3 rings (SSSR count). The normalized spacial score (nSPS) is 17.8. The lowest BCUT2D eigenvalue weighted by Gasteiger charge is -2.21. The maximum Gasteiger partial charge on any atom is 0.341 e. The van der Waals surface area contributed by atoms with Crippen molar-refractivity contribution in [3.05, 3.63) is 28.7 Å². The predicted molar refractivity (Wildman–Crippen MR) is 81.7 cm³/mol. The van der Waals surface area contributed by atoms with Crippen LogP contribution in [0.4, 0.5) is 0 Å². The van der Waals surface area contributed by atoms with E-state index in [4.69, 9.17) is 9.84 Å². The number of imide groups is 1. The molecular weight excluding hydrogens is 318 g/mol. The molecule has 0 radical (unpaired) electrons. The van der Waals surface area contributed by atoms with E-state index in [0.29, 0.717) is 16.8 Å². The summed E-state index contributed by atoms with van der Waals surface area (Å²) >= 11 is 0. The zero-order chi connectivity index (χ0) is 17.4. The van der Waals surface area contributed by atoms with E-state index >= 15 is 0 Å². The van der Waals surface area contributed by atoms with E-state index in [2.05, 4.69) is 5.32 Å². The van der Waals surface area contributed by atoms with Crippen molar-refractivity contribution in [1.29, 1.82) is 0 Å². The van der Waals surface area contributed by atoms with Gasteiger partial charge in [0.25, 0.3) is 0 Å². The van der Waals surface area contributed by atoms with Gasteiger partial charge in [0.2, 0.25) is 11.8 Å². The third kappa shape index (κ3) is 2.64. The van der Waals surface area contributed by atoms with E-state index < -0.39 is 30.2 Å². The van der Waals surface area contributed by atoms with Crippen LogP contribution in [0.1, 0.15) is 18.9 Å². The quantitative estimate of drug-likeness (QED) is 0.747. The summed E-state index contributed by atoms with van der Waals surface area (Å²) in [5.41, 5.74) is 0.627. The van der Waals surface area contributed by atoms with Crippen LogP contribution in [-0.2, 0) is 21.4 Å². The van der Waals surface area contributed by atoms with Crippen molar-refractivity contribution in [2.45, 2.75) is 18.9 Å². The summed E-state index contributed by atoms with van der Waals surface area (Å²) in [6.07, 6.45) is 0.417. The highest BCUT2D eigenvalue weighted by Crippen LogP contribution is 2.25. The number of benzene rings is 1. The Kier molecular flexibility index (Phi) is 3.84. The molecule has 126 valence electrons. The SMILES string of the molecule is Cn1c(=O)n(C2CCC(=O)NC2=O)c2ccc(OCC(=O)O)cc21. The van der Waals surface area contributed by atoms with Gasteiger partial charge >= 0.3 is 11.7 Å². The number of nitrogens with zero attached hydrogens (tertiary/aromatic N) is 2. The molecule has 0 spiro atoms. The standard InChI is InChI=1S/C15H15N3O6/c1-17-11-6-8(24-7-13(20)21)2-3-9(11)18(15(17)23)10-4-5-12(19)16-14(10)22/h2-3,6,10H,4-5,7H2,1H3,(H,20,21)(H,16,19,22). The summed E-state index contributed by atoms with van der Waals surface area (Å²) in [6, 6.07) is 3.91. The summed E-state index contributed by atoms with van der Waals surface area (Å²) in [6.45, 7) is -0.493. The van der Waals surface area contributed by atoms with Gasteiger partial charge in [-0.3, -0.25) is 24.0 Å². The molecule has 9 heteroatoms. The molecule has 1 fully saturated rings. The van der Waals surface area contributed by atoms with E-state index in [0.717, 1.165) is 0 Å². The number of rotatable bonds is 4. The summed E-state index contributed by atoms with van der Waals surface area (Å²) in [5.74, 6) is -1.66. The monoisotopic (exact) mass is 333 g/mol. The van der Waals surface area contributed by atoms with Crippen LogP contribution in [0.25, 0.3) is 11.0 Å². The fraction of sp³-hybridized carbons (Fsp3) is 0.333. The number of carbonyl (C=O) groups excluding carboxylic acids is 2. The Bertz CT molecular complexity index is 910. The topological polar surface area (TPSA) is 120 Å². The third-order valence-electron chi connectivity index (χ3n) is 3.94. The molecule has 2 amide bonds. The number of aryl methyl sites for hydroxylation is 1. The Morgan fingerprint density at radius 1 is 1.33 bits per heavy atom. The molecule has 1 aromatic heterocycles. The van der Waals surface area contributed by atoms with Crippen LogP contribution in [0.3, 0.4) is 0 Å². The van der Waals surface area contributed by atoms with Gasteiger partial charge in [-0.25, -0.2) is 9.59 Å².